The lowest BCUT2D eigenvalue weighted by atomic mass is 10.1. The minimum absolute atomic E-state index is 0.0124. The van der Waals surface area contributed by atoms with E-state index >= 15 is 0 Å². The van der Waals surface area contributed by atoms with Crippen molar-refractivity contribution in [2.45, 2.75) is 26.3 Å². The summed E-state index contributed by atoms with van der Waals surface area (Å²) in [6, 6.07) is 7.96. The number of aliphatic carboxylic acids is 1. The van der Waals surface area contributed by atoms with Crippen LogP contribution in [0.3, 0.4) is 0 Å². The number of benzene rings is 1. The third-order valence-corrected chi connectivity index (χ3v) is 3.04. The summed E-state index contributed by atoms with van der Waals surface area (Å²) >= 11 is 0. The quantitative estimate of drug-likeness (QED) is 0.754. The first-order chi connectivity index (χ1) is 10.5. The van der Waals surface area contributed by atoms with Crippen LogP contribution in [0, 0.1) is 6.92 Å². The topological polar surface area (TPSA) is 110 Å². The number of carboxylic acids is 1. The van der Waals surface area contributed by atoms with Crippen molar-refractivity contribution < 1.29 is 14.7 Å². The molecule has 0 fully saturated rings. The van der Waals surface area contributed by atoms with E-state index in [9.17, 15) is 9.59 Å². The molecule has 8 heteroatoms. The average molecular weight is 303 g/mol. The Balaban J connectivity index is 1.93. The fraction of sp³-hybridized carbons (Fsp3) is 0.357. The van der Waals surface area contributed by atoms with Crippen molar-refractivity contribution in [1.29, 1.82) is 0 Å². The summed E-state index contributed by atoms with van der Waals surface area (Å²) in [6.45, 7) is 2.58. The number of aromatic nitrogens is 4. The maximum absolute atomic E-state index is 11.7. The van der Waals surface area contributed by atoms with E-state index in [1.807, 2.05) is 31.2 Å². The van der Waals surface area contributed by atoms with Crippen molar-refractivity contribution in [2.75, 3.05) is 6.54 Å². The number of aryl methyl sites for hydroxylation is 1. The Morgan fingerprint density at radius 2 is 2.00 bits per heavy atom. The molecule has 0 unspecified atom stereocenters. The van der Waals surface area contributed by atoms with Crippen LogP contribution in [-0.2, 0) is 22.6 Å². The molecule has 0 aliphatic carbocycles. The smallest absolute Gasteiger partial charge is 0.305 e. The summed E-state index contributed by atoms with van der Waals surface area (Å²) in [5.41, 5.74) is 2.20. The van der Waals surface area contributed by atoms with Gasteiger partial charge in [-0.3, -0.25) is 9.59 Å². The first-order valence-electron chi connectivity index (χ1n) is 6.83. The molecule has 1 aromatic heterocycles. The maximum atomic E-state index is 11.7. The van der Waals surface area contributed by atoms with Gasteiger partial charge in [0, 0.05) is 6.54 Å². The lowest BCUT2D eigenvalue weighted by Gasteiger charge is -2.06. The largest absolute Gasteiger partial charge is 0.481 e. The van der Waals surface area contributed by atoms with Crippen LogP contribution in [0.5, 0.6) is 0 Å². The highest BCUT2D eigenvalue weighted by molar-refractivity contribution is 5.78. The zero-order chi connectivity index (χ0) is 15.9. The molecule has 2 aromatic rings. The minimum atomic E-state index is -0.954. The van der Waals surface area contributed by atoms with E-state index in [1.165, 1.54) is 5.56 Å². The van der Waals surface area contributed by atoms with Crippen molar-refractivity contribution in [3.8, 4) is 0 Å². The van der Waals surface area contributed by atoms with Gasteiger partial charge in [-0.2, -0.15) is 0 Å². The predicted octanol–water partition coefficient (Wildman–Crippen LogP) is 0.163. The second kappa shape index (κ2) is 7.30. The van der Waals surface area contributed by atoms with E-state index in [1.54, 1.807) is 4.68 Å². The van der Waals surface area contributed by atoms with E-state index in [4.69, 9.17) is 5.11 Å². The summed E-state index contributed by atoms with van der Waals surface area (Å²) < 4.78 is 1.56. The Hall–Kier alpha value is -2.77. The van der Waals surface area contributed by atoms with Gasteiger partial charge in [-0.25, -0.2) is 4.68 Å². The highest BCUT2D eigenvalue weighted by Crippen LogP contribution is 2.06. The van der Waals surface area contributed by atoms with Gasteiger partial charge in [0.2, 0.25) is 5.91 Å². The molecule has 2 rings (SSSR count). The maximum Gasteiger partial charge on any atom is 0.305 e. The Labute approximate surface area is 127 Å². The second-order valence-corrected chi connectivity index (χ2v) is 4.91. The fourth-order valence-electron chi connectivity index (χ4n) is 1.85. The van der Waals surface area contributed by atoms with E-state index in [2.05, 4.69) is 20.8 Å². The normalized spacial score (nSPS) is 10.4. The molecule has 8 nitrogen and oxygen atoms in total. The molecule has 0 saturated heterocycles. The first-order valence-corrected chi connectivity index (χ1v) is 6.83. The van der Waals surface area contributed by atoms with Crippen LogP contribution >= 0.6 is 0 Å². The molecule has 1 heterocycles. The van der Waals surface area contributed by atoms with E-state index in [0.717, 1.165) is 5.56 Å². The molecule has 0 saturated carbocycles. The van der Waals surface area contributed by atoms with Crippen molar-refractivity contribution in [1.82, 2.24) is 25.5 Å². The zero-order valence-electron chi connectivity index (χ0n) is 12.2. The highest BCUT2D eigenvalue weighted by atomic mass is 16.4. The molecule has 0 spiro atoms. The number of hydrogen-bond donors (Lipinski definition) is 2. The number of carbonyl (C=O) groups is 2. The van der Waals surface area contributed by atoms with Gasteiger partial charge in [0.1, 0.15) is 0 Å². The van der Waals surface area contributed by atoms with Gasteiger partial charge in [-0.1, -0.05) is 29.8 Å². The van der Waals surface area contributed by atoms with E-state index in [0.29, 0.717) is 12.4 Å². The molecule has 22 heavy (non-hydrogen) atoms. The van der Waals surface area contributed by atoms with Crippen LogP contribution in [0.4, 0.5) is 0 Å². The van der Waals surface area contributed by atoms with Crippen LogP contribution in [0.1, 0.15) is 23.4 Å². The summed E-state index contributed by atoms with van der Waals surface area (Å²) in [6.07, 6.45) is -0.0987. The number of carboxylic acid groups (broad SMARTS) is 1. The van der Waals surface area contributed by atoms with E-state index < -0.39 is 5.97 Å². The third-order valence-electron chi connectivity index (χ3n) is 3.04. The van der Waals surface area contributed by atoms with Gasteiger partial charge in [-0.05, 0) is 22.9 Å². The lowest BCUT2D eigenvalue weighted by Crippen LogP contribution is -2.28. The summed E-state index contributed by atoms with van der Waals surface area (Å²) in [7, 11) is 0. The fourth-order valence-corrected chi connectivity index (χ4v) is 1.85. The minimum Gasteiger partial charge on any atom is -0.481 e. The Bertz CT molecular complexity index is 651. The van der Waals surface area contributed by atoms with Gasteiger partial charge < -0.3 is 10.4 Å². The third kappa shape index (κ3) is 4.65. The number of nitrogens with zero attached hydrogens (tertiary/aromatic N) is 4. The number of nitrogens with one attached hydrogen (secondary N) is 1. The number of rotatable bonds is 7. The summed E-state index contributed by atoms with van der Waals surface area (Å²) in [5.74, 6) is -0.820. The monoisotopic (exact) mass is 303 g/mol. The molecular formula is C14H17N5O3. The van der Waals surface area contributed by atoms with Crippen molar-refractivity contribution >= 4 is 11.9 Å². The van der Waals surface area contributed by atoms with Gasteiger partial charge >= 0.3 is 5.97 Å². The van der Waals surface area contributed by atoms with Crippen molar-refractivity contribution in [3.63, 3.8) is 0 Å². The van der Waals surface area contributed by atoms with Crippen LogP contribution in [0.2, 0.25) is 0 Å². The van der Waals surface area contributed by atoms with Crippen LogP contribution in [-0.4, -0.2) is 43.7 Å². The van der Waals surface area contributed by atoms with Gasteiger partial charge in [0.25, 0.3) is 0 Å². The van der Waals surface area contributed by atoms with Gasteiger partial charge in [0.05, 0.1) is 19.4 Å². The van der Waals surface area contributed by atoms with Crippen LogP contribution in [0.15, 0.2) is 24.3 Å². The summed E-state index contributed by atoms with van der Waals surface area (Å²) in [5, 5.41) is 22.3. The van der Waals surface area contributed by atoms with Gasteiger partial charge in [0.15, 0.2) is 5.82 Å². The Morgan fingerprint density at radius 3 is 2.68 bits per heavy atom. The van der Waals surface area contributed by atoms with Crippen LogP contribution < -0.4 is 5.32 Å². The number of tetrazole rings is 1. The zero-order valence-corrected chi connectivity index (χ0v) is 12.2. The van der Waals surface area contributed by atoms with Crippen molar-refractivity contribution in [2.24, 2.45) is 0 Å². The molecule has 0 aliphatic heterocycles. The molecule has 2 N–H and O–H groups in total. The highest BCUT2D eigenvalue weighted by Gasteiger charge is 2.12. The standard InChI is InChI=1S/C14H17N5O3/c1-10-2-4-11(5-3-10)9-19-12(16-17-18-19)8-13(20)15-7-6-14(21)22/h2-5H,6-9H2,1H3,(H,15,20)(H,21,22). The SMILES string of the molecule is Cc1ccc(Cn2nnnc2CC(=O)NCCC(=O)O)cc1. The molecule has 116 valence electrons. The molecule has 0 aliphatic rings. The molecule has 0 bridgehead atoms. The Morgan fingerprint density at radius 1 is 1.27 bits per heavy atom. The molecule has 1 aromatic carbocycles. The predicted molar refractivity (Wildman–Crippen MR) is 77.1 cm³/mol. The lowest BCUT2D eigenvalue weighted by molar-refractivity contribution is -0.136. The Kier molecular flexibility index (Phi) is 5.18. The van der Waals surface area contributed by atoms with E-state index in [-0.39, 0.29) is 25.3 Å². The second-order valence-electron chi connectivity index (χ2n) is 4.91. The number of amides is 1. The first kappa shape index (κ1) is 15.6. The molecule has 1 amide bonds. The summed E-state index contributed by atoms with van der Waals surface area (Å²) in [4.78, 5) is 22.1. The van der Waals surface area contributed by atoms with Gasteiger partial charge in [-0.15, -0.1) is 5.10 Å². The number of carbonyl (C=O) groups excluding carboxylic acids is 1. The van der Waals surface area contributed by atoms with Crippen molar-refractivity contribution in [3.05, 3.63) is 41.2 Å². The average Bonchev–Trinajstić information content (AvgIpc) is 2.88. The molecule has 0 atom stereocenters. The van der Waals surface area contributed by atoms with Crippen LogP contribution in [0.25, 0.3) is 0 Å². The molecule has 0 radical (unpaired) electrons. The number of hydrogen-bond acceptors (Lipinski definition) is 5. The molecular weight excluding hydrogens is 286 g/mol.